The minimum atomic E-state index is -4.31. The largest absolute Gasteiger partial charge is 0.416 e. The topological polar surface area (TPSA) is 0 Å². The normalized spacial score (nSPS) is 13.0. The molecule has 0 heterocycles. The smallest absolute Gasteiger partial charge is 0.166 e. The highest BCUT2D eigenvalue weighted by molar-refractivity contribution is 9.10. The highest BCUT2D eigenvalue weighted by atomic mass is 79.9. The molecule has 0 N–H and O–H groups in total. The van der Waals surface area contributed by atoms with E-state index in [1.807, 2.05) is 0 Å². The van der Waals surface area contributed by atoms with Gasteiger partial charge in [-0.2, -0.15) is 13.2 Å². The molecule has 0 aliphatic carbocycles. The Morgan fingerprint density at radius 1 is 1.06 bits per heavy atom. The fraction of sp³-hybridized carbons (Fsp3) is 0.500. The van der Waals surface area contributed by atoms with Crippen molar-refractivity contribution in [3.05, 3.63) is 33.3 Å². The summed E-state index contributed by atoms with van der Waals surface area (Å²) in [4.78, 5) is 0. The molecule has 1 aromatic rings. The number of hydrogen-bond donors (Lipinski definition) is 0. The second-order valence-electron chi connectivity index (χ2n) is 4.84. The third-order valence-electron chi connectivity index (χ3n) is 2.49. The van der Waals surface area contributed by atoms with Crippen LogP contribution in [-0.2, 0) is 11.6 Å². The molecule has 0 fully saturated rings. The van der Waals surface area contributed by atoms with Crippen molar-refractivity contribution in [3.8, 4) is 0 Å². The Labute approximate surface area is 102 Å². The van der Waals surface area contributed by atoms with Gasteiger partial charge in [-0.05, 0) is 29.5 Å². The van der Waals surface area contributed by atoms with Crippen LogP contribution in [0.25, 0.3) is 0 Å². The monoisotopic (exact) mass is 294 g/mol. The highest BCUT2D eigenvalue weighted by Gasteiger charge is 2.38. The van der Waals surface area contributed by atoms with E-state index >= 15 is 0 Å². The van der Waals surface area contributed by atoms with Crippen molar-refractivity contribution in [2.45, 2.75) is 39.3 Å². The summed E-state index contributed by atoms with van der Waals surface area (Å²) in [5, 5.41) is 0. The van der Waals surface area contributed by atoms with Crippen molar-refractivity contribution >= 4 is 15.9 Å². The molecule has 0 aliphatic heterocycles. The van der Waals surface area contributed by atoms with Gasteiger partial charge in [0.05, 0.1) is 5.56 Å². The maximum absolute atomic E-state index is 13.0. The van der Waals surface area contributed by atoms with Crippen LogP contribution < -0.4 is 0 Å². The van der Waals surface area contributed by atoms with Gasteiger partial charge < -0.3 is 0 Å². The predicted octanol–water partition coefficient (Wildman–Crippen LogP) is 5.07. The minimum absolute atomic E-state index is 0.250. The van der Waals surface area contributed by atoms with Gasteiger partial charge in [-0.15, -0.1) is 0 Å². The maximum atomic E-state index is 13.0. The lowest BCUT2D eigenvalue weighted by molar-refractivity contribution is -0.139. The summed E-state index contributed by atoms with van der Waals surface area (Å²) in [5.74, 6) is 0. The second kappa shape index (κ2) is 4.06. The molecule has 0 bridgehead atoms. The van der Waals surface area contributed by atoms with Crippen LogP contribution >= 0.6 is 15.9 Å². The van der Waals surface area contributed by atoms with Crippen LogP contribution in [0.5, 0.6) is 0 Å². The SMILES string of the molecule is Cc1c(Br)ccc(C(C)(C)C)c1C(F)(F)F. The molecule has 16 heavy (non-hydrogen) atoms. The molecule has 1 rings (SSSR count). The highest BCUT2D eigenvalue weighted by Crippen LogP contribution is 2.41. The molecule has 0 radical (unpaired) electrons. The predicted molar refractivity (Wildman–Crippen MR) is 62.6 cm³/mol. The van der Waals surface area contributed by atoms with Crippen LogP contribution in [0.1, 0.15) is 37.5 Å². The van der Waals surface area contributed by atoms with Gasteiger partial charge in [0.2, 0.25) is 0 Å². The molecule has 4 heteroatoms. The lowest BCUT2D eigenvalue weighted by atomic mass is 9.82. The number of benzene rings is 1. The fourth-order valence-electron chi connectivity index (χ4n) is 1.68. The van der Waals surface area contributed by atoms with Gasteiger partial charge >= 0.3 is 6.18 Å². The van der Waals surface area contributed by atoms with Crippen LogP contribution in [0, 0.1) is 6.92 Å². The quantitative estimate of drug-likeness (QED) is 0.626. The van der Waals surface area contributed by atoms with E-state index in [1.165, 1.54) is 6.92 Å². The average molecular weight is 295 g/mol. The number of halogens is 4. The molecule has 0 unspecified atom stereocenters. The summed E-state index contributed by atoms with van der Waals surface area (Å²) in [6.07, 6.45) is -4.31. The third kappa shape index (κ3) is 2.59. The van der Waals surface area contributed by atoms with Crippen molar-refractivity contribution in [1.82, 2.24) is 0 Å². The van der Waals surface area contributed by atoms with Gasteiger partial charge in [0.25, 0.3) is 0 Å². The van der Waals surface area contributed by atoms with Gasteiger partial charge in [0.1, 0.15) is 0 Å². The zero-order chi connectivity index (χ0) is 12.7. The Bertz CT molecular complexity index is 400. The van der Waals surface area contributed by atoms with E-state index in [4.69, 9.17) is 0 Å². The lowest BCUT2D eigenvalue weighted by Gasteiger charge is -2.26. The van der Waals surface area contributed by atoms with Crippen molar-refractivity contribution < 1.29 is 13.2 Å². The number of alkyl halides is 3. The zero-order valence-electron chi connectivity index (χ0n) is 9.67. The molecule has 90 valence electrons. The average Bonchev–Trinajstić information content (AvgIpc) is 2.05. The standard InChI is InChI=1S/C12H14BrF3/c1-7-9(13)6-5-8(11(2,3)4)10(7)12(14,15)16/h5-6H,1-4H3. The van der Waals surface area contributed by atoms with Crippen molar-refractivity contribution in [1.29, 1.82) is 0 Å². The van der Waals surface area contributed by atoms with Crippen LogP contribution in [0.2, 0.25) is 0 Å². The number of hydrogen-bond acceptors (Lipinski definition) is 0. The molecule has 0 amide bonds. The Kier molecular flexibility index (Phi) is 3.44. The van der Waals surface area contributed by atoms with Crippen LogP contribution in [0.4, 0.5) is 13.2 Å². The fourth-order valence-corrected chi connectivity index (χ4v) is 2.01. The number of rotatable bonds is 0. The van der Waals surface area contributed by atoms with E-state index in [9.17, 15) is 13.2 Å². The minimum Gasteiger partial charge on any atom is -0.166 e. The first-order valence-electron chi connectivity index (χ1n) is 4.92. The van der Waals surface area contributed by atoms with E-state index in [0.717, 1.165) is 0 Å². The molecule has 0 spiro atoms. The summed E-state index contributed by atoms with van der Waals surface area (Å²) in [6, 6.07) is 3.21. The van der Waals surface area contributed by atoms with E-state index in [1.54, 1.807) is 32.9 Å². The Morgan fingerprint density at radius 3 is 1.94 bits per heavy atom. The molecule has 0 saturated carbocycles. The van der Waals surface area contributed by atoms with Crippen molar-refractivity contribution in [3.63, 3.8) is 0 Å². The van der Waals surface area contributed by atoms with Gasteiger partial charge in [-0.25, -0.2) is 0 Å². The third-order valence-corrected chi connectivity index (χ3v) is 3.35. The second-order valence-corrected chi connectivity index (χ2v) is 5.70. The summed E-state index contributed by atoms with van der Waals surface area (Å²) in [5.41, 5.74) is -0.453. The van der Waals surface area contributed by atoms with Crippen molar-refractivity contribution in [2.75, 3.05) is 0 Å². The first-order valence-corrected chi connectivity index (χ1v) is 5.71. The Balaban J connectivity index is 3.59. The summed E-state index contributed by atoms with van der Waals surface area (Å²) < 4.78 is 39.5. The summed E-state index contributed by atoms with van der Waals surface area (Å²) in [7, 11) is 0. The van der Waals surface area contributed by atoms with Gasteiger partial charge in [-0.1, -0.05) is 42.8 Å². The molecule has 0 atom stereocenters. The van der Waals surface area contributed by atoms with Crippen LogP contribution in [0.15, 0.2) is 16.6 Å². The summed E-state index contributed by atoms with van der Waals surface area (Å²) in [6.45, 7) is 6.84. The van der Waals surface area contributed by atoms with E-state index in [-0.39, 0.29) is 5.56 Å². The molecule has 0 nitrogen and oxygen atoms in total. The molecule has 0 aliphatic rings. The molecule has 1 aromatic carbocycles. The maximum Gasteiger partial charge on any atom is 0.416 e. The molecular formula is C12H14BrF3. The van der Waals surface area contributed by atoms with E-state index in [0.29, 0.717) is 10.0 Å². The van der Waals surface area contributed by atoms with Crippen LogP contribution in [0.3, 0.4) is 0 Å². The van der Waals surface area contributed by atoms with Gasteiger partial charge in [0.15, 0.2) is 0 Å². The van der Waals surface area contributed by atoms with E-state index < -0.39 is 17.2 Å². The zero-order valence-corrected chi connectivity index (χ0v) is 11.3. The van der Waals surface area contributed by atoms with E-state index in [2.05, 4.69) is 15.9 Å². The van der Waals surface area contributed by atoms with Crippen LogP contribution in [-0.4, -0.2) is 0 Å². The Hall–Kier alpha value is -0.510. The van der Waals surface area contributed by atoms with Gasteiger partial charge in [0, 0.05) is 4.47 Å². The first-order chi connectivity index (χ1) is 7.05. The Morgan fingerprint density at radius 2 is 1.56 bits per heavy atom. The summed E-state index contributed by atoms with van der Waals surface area (Å²) >= 11 is 3.14. The van der Waals surface area contributed by atoms with Crippen molar-refractivity contribution in [2.24, 2.45) is 0 Å². The first kappa shape index (κ1) is 13.6. The molecular weight excluding hydrogens is 281 g/mol. The van der Waals surface area contributed by atoms with Gasteiger partial charge in [-0.3, -0.25) is 0 Å². The lowest BCUT2D eigenvalue weighted by Crippen LogP contribution is -2.21. The molecule has 0 saturated heterocycles. The molecule has 0 aromatic heterocycles.